The lowest BCUT2D eigenvalue weighted by molar-refractivity contribution is 0.179. The predicted octanol–water partition coefficient (Wildman–Crippen LogP) is 0.465. The number of rotatable bonds is 3. The molecule has 76 valence electrons. The van der Waals surface area contributed by atoms with E-state index in [-0.39, 0.29) is 6.03 Å². The predicted molar refractivity (Wildman–Crippen MR) is 50.4 cm³/mol. The number of hydrogen-bond donors (Lipinski definition) is 3. The maximum atomic E-state index is 11.2. The molecule has 4 nitrogen and oxygen atoms in total. The summed E-state index contributed by atoms with van der Waals surface area (Å²) in [5.74, 6) is 0.595. The van der Waals surface area contributed by atoms with E-state index in [9.17, 15) is 4.79 Å². The van der Waals surface area contributed by atoms with Crippen LogP contribution in [-0.2, 0) is 0 Å². The lowest BCUT2D eigenvalue weighted by atomic mass is 9.81. The maximum Gasteiger partial charge on any atom is 0.315 e. The van der Waals surface area contributed by atoms with Gasteiger partial charge in [0.2, 0.25) is 0 Å². The fourth-order valence-corrected chi connectivity index (χ4v) is 1.34. The molecule has 0 aromatic carbocycles. The highest BCUT2D eigenvalue weighted by Gasteiger charge is 2.27. The summed E-state index contributed by atoms with van der Waals surface area (Å²) in [5.41, 5.74) is 0. The smallest absolute Gasteiger partial charge is 0.315 e. The first-order valence-electron chi connectivity index (χ1n) is 4.82. The van der Waals surface area contributed by atoms with Gasteiger partial charge in [-0.05, 0) is 25.7 Å². The number of aliphatic hydroxyl groups is 1. The number of aliphatic hydroxyl groups excluding tert-OH is 1. The van der Waals surface area contributed by atoms with Gasteiger partial charge in [-0.15, -0.1) is 0 Å². The van der Waals surface area contributed by atoms with E-state index in [1.54, 1.807) is 6.92 Å². The Kier molecular flexibility index (Phi) is 3.54. The van der Waals surface area contributed by atoms with E-state index in [0.29, 0.717) is 18.5 Å². The third-order valence-corrected chi connectivity index (χ3v) is 2.49. The molecule has 2 unspecified atom stereocenters. The molecule has 1 aliphatic rings. The van der Waals surface area contributed by atoms with Crippen molar-refractivity contribution in [1.29, 1.82) is 0 Å². The number of carbonyl (C=O) groups excluding carboxylic acids is 1. The lowest BCUT2D eigenvalue weighted by Gasteiger charge is -2.34. The van der Waals surface area contributed by atoms with Crippen LogP contribution in [0.25, 0.3) is 0 Å². The zero-order valence-corrected chi connectivity index (χ0v) is 8.21. The van der Waals surface area contributed by atoms with Crippen molar-refractivity contribution in [2.75, 3.05) is 6.54 Å². The monoisotopic (exact) mass is 186 g/mol. The largest absolute Gasteiger partial charge is 0.392 e. The Hall–Kier alpha value is -0.770. The minimum Gasteiger partial charge on any atom is -0.392 e. The van der Waals surface area contributed by atoms with Crippen molar-refractivity contribution < 1.29 is 9.90 Å². The molecule has 3 N–H and O–H groups in total. The minimum atomic E-state index is -0.482. The summed E-state index contributed by atoms with van der Waals surface area (Å²) >= 11 is 0. The molecule has 1 rings (SSSR count). The Morgan fingerprint density at radius 1 is 1.62 bits per heavy atom. The normalized spacial score (nSPS) is 28.8. The Labute approximate surface area is 78.7 Å². The highest BCUT2D eigenvalue weighted by Crippen LogP contribution is 2.25. The zero-order valence-electron chi connectivity index (χ0n) is 8.21. The van der Waals surface area contributed by atoms with Crippen LogP contribution < -0.4 is 10.6 Å². The Balaban J connectivity index is 2.10. The number of hydrogen-bond acceptors (Lipinski definition) is 2. The summed E-state index contributed by atoms with van der Waals surface area (Å²) < 4.78 is 0. The first kappa shape index (κ1) is 10.3. The number of carbonyl (C=O) groups is 1. The van der Waals surface area contributed by atoms with Gasteiger partial charge in [0, 0.05) is 12.6 Å². The molecule has 0 saturated heterocycles. The molecule has 1 fully saturated rings. The second-order valence-corrected chi connectivity index (χ2v) is 3.86. The van der Waals surface area contributed by atoms with Crippen molar-refractivity contribution in [1.82, 2.24) is 10.6 Å². The molecule has 4 heteroatoms. The third kappa shape index (κ3) is 3.22. The molecule has 2 amide bonds. The molecule has 13 heavy (non-hydrogen) atoms. The molecule has 0 aliphatic heterocycles. The molecule has 0 radical (unpaired) electrons. The van der Waals surface area contributed by atoms with Gasteiger partial charge in [0.1, 0.15) is 0 Å². The van der Waals surface area contributed by atoms with Crippen molar-refractivity contribution in [2.45, 2.75) is 38.8 Å². The fraction of sp³-hybridized carbons (Fsp3) is 0.889. The van der Waals surface area contributed by atoms with Gasteiger partial charge < -0.3 is 15.7 Å². The average molecular weight is 186 g/mol. The highest BCUT2D eigenvalue weighted by atomic mass is 16.3. The molecule has 0 aromatic rings. The Morgan fingerprint density at radius 3 is 2.69 bits per heavy atom. The Bertz CT molecular complexity index is 182. The van der Waals surface area contributed by atoms with Crippen molar-refractivity contribution >= 4 is 6.03 Å². The summed E-state index contributed by atoms with van der Waals surface area (Å²) in [5, 5.41) is 14.4. The van der Waals surface area contributed by atoms with Crippen LogP contribution in [-0.4, -0.2) is 29.8 Å². The van der Waals surface area contributed by atoms with Crippen LogP contribution >= 0.6 is 0 Å². The standard InChI is InChI=1S/C9H18N2O2/c1-6-3-4-8(6)11-9(13)10-5-7(2)12/h6-8,12H,3-5H2,1-2H3,(H2,10,11,13)/t6?,7-,8?/m0/s1. The molecule has 3 atom stereocenters. The van der Waals surface area contributed by atoms with Gasteiger partial charge in [0.15, 0.2) is 0 Å². The molecule has 1 saturated carbocycles. The molecule has 0 heterocycles. The number of amides is 2. The number of nitrogens with one attached hydrogen (secondary N) is 2. The van der Waals surface area contributed by atoms with Crippen molar-refractivity contribution in [2.24, 2.45) is 5.92 Å². The lowest BCUT2D eigenvalue weighted by Crippen LogP contribution is -2.50. The van der Waals surface area contributed by atoms with Gasteiger partial charge >= 0.3 is 6.03 Å². The molecule has 1 aliphatic carbocycles. The van der Waals surface area contributed by atoms with Gasteiger partial charge in [0.25, 0.3) is 0 Å². The van der Waals surface area contributed by atoms with Crippen LogP contribution in [0.2, 0.25) is 0 Å². The van der Waals surface area contributed by atoms with Gasteiger partial charge in [-0.3, -0.25) is 0 Å². The van der Waals surface area contributed by atoms with Gasteiger partial charge in [-0.25, -0.2) is 4.79 Å². The topological polar surface area (TPSA) is 61.4 Å². The van der Waals surface area contributed by atoms with Crippen LogP contribution in [0, 0.1) is 5.92 Å². The second-order valence-electron chi connectivity index (χ2n) is 3.86. The van der Waals surface area contributed by atoms with Gasteiger partial charge in [0.05, 0.1) is 6.10 Å². The van der Waals surface area contributed by atoms with E-state index in [2.05, 4.69) is 17.6 Å². The molecular formula is C9H18N2O2. The van der Waals surface area contributed by atoms with E-state index < -0.39 is 6.10 Å². The maximum absolute atomic E-state index is 11.2. The highest BCUT2D eigenvalue weighted by molar-refractivity contribution is 5.74. The van der Waals surface area contributed by atoms with Crippen molar-refractivity contribution in [3.63, 3.8) is 0 Å². The van der Waals surface area contributed by atoms with Crippen molar-refractivity contribution in [3.05, 3.63) is 0 Å². The SMILES string of the molecule is CC1CCC1NC(=O)NC[C@H](C)O. The van der Waals surface area contributed by atoms with E-state index in [4.69, 9.17) is 5.11 Å². The van der Waals surface area contributed by atoms with E-state index in [0.717, 1.165) is 6.42 Å². The summed E-state index contributed by atoms with van der Waals surface area (Å²) in [4.78, 5) is 11.2. The molecule has 0 aromatic heterocycles. The fourth-order valence-electron chi connectivity index (χ4n) is 1.34. The van der Waals surface area contributed by atoms with Crippen LogP contribution in [0.15, 0.2) is 0 Å². The summed E-state index contributed by atoms with van der Waals surface area (Å²) in [6.45, 7) is 4.09. The Morgan fingerprint density at radius 2 is 2.31 bits per heavy atom. The summed E-state index contributed by atoms with van der Waals surface area (Å²) in [6, 6.07) is 0.159. The van der Waals surface area contributed by atoms with Crippen LogP contribution in [0.3, 0.4) is 0 Å². The van der Waals surface area contributed by atoms with E-state index in [1.807, 2.05) is 0 Å². The molecular weight excluding hydrogens is 168 g/mol. The quantitative estimate of drug-likeness (QED) is 0.600. The van der Waals surface area contributed by atoms with Gasteiger partial charge in [-0.2, -0.15) is 0 Å². The average Bonchev–Trinajstić information content (AvgIpc) is 2.08. The zero-order chi connectivity index (χ0) is 9.84. The summed E-state index contributed by atoms with van der Waals surface area (Å²) in [6.07, 6.45) is 1.79. The summed E-state index contributed by atoms with van der Waals surface area (Å²) in [7, 11) is 0. The van der Waals surface area contributed by atoms with Crippen LogP contribution in [0.1, 0.15) is 26.7 Å². The van der Waals surface area contributed by atoms with Crippen LogP contribution in [0.5, 0.6) is 0 Å². The molecule has 0 bridgehead atoms. The van der Waals surface area contributed by atoms with Gasteiger partial charge in [-0.1, -0.05) is 6.92 Å². The second kappa shape index (κ2) is 4.46. The van der Waals surface area contributed by atoms with E-state index >= 15 is 0 Å². The van der Waals surface area contributed by atoms with Crippen LogP contribution in [0.4, 0.5) is 4.79 Å². The van der Waals surface area contributed by atoms with E-state index in [1.165, 1.54) is 6.42 Å². The third-order valence-electron chi connectivity index (χ3n) is 2.49. The number of urea groups is 1. The minimum absolute atomic E-state index is 0.169. The first-order chi connectivity index (χ1) is 6.09. The molecule has 0 spiro atoms. The van der Waals surface area contributed by atoms with Crippen molar-refractivity contribution in [3.8, 4) is 0 Å². The first-order valence-corrected chi connectivity index (χ1v) is 4.82.